The van der Waals surface area contributed by atoms with Crippen LogP contribution >= 0.6 is 0 Å². The molecule has 1 amide bonds. The summed E-state index contributed by atoms with van der Waals surface area (Å²) in [6.07, 6.45) is 1.09. The number of carbonyl (C=O) groups excluding carboxylic acids is 1. The summed E-state index contributed by atoms with van der Waals surface area (Å²) in [6, 6.07) is 9.05. The summed E-state index contributed by atoms with van der Waals surface area (Å²) < 4.78 is 0. The zero-order valence-electron chi connectivity index (χ0n) is 12.2. The van der Waals surface area contributed by atoms with Gasteiger partial charge in [-0.3, -0.25) is 4.79 Å². The fourth-order valence-corrected chi connectivity index (χ4v) is 2.62. The van der Waals surface area contributed by atoms with Crippen molar-refractivity contribution in [2.45, 2.75) is 25.9 Å². The molecule has 1 fully saturated rings. The van der Waals surface area contributed by atoms with Crippen molar-refractivity contribution < 1.29 is 9.90 Å². The molecule has 5 heteroatoms. The third kappa shape index (κ3) is 4.28. The smallest absolute Gasteiger partial charge is 0.225 e. The maximum absolute atomic E-state index is 12.0. The Hall–Kier alpha value is -1.90. The van der Waals surface area contributed by atoms with Crippen LogP contribution in [0.1, 0.15) is 25.3 Å². The Kier molecular flexibility index (Phi) is 5.32. The molecule has 2 unspecified atom stereocenters. The molecule has 0 spiro atoms. The maximum atomic E-state index is 12.0. The minimum Gasteiger partial charge on any atom is -0.393 e. The van der Waals surface area contributed by atoms with Gasteiger partial charge >= 0.3 is 0 Å². The molecule has 1 aliphatic rings. The Morgan fingerprint density at radius 2 is 2.33 bits per heavy atom. The highest BCUT2D eigenvalue weighted by Crippen LogP contribution is 2.20. The lowest BCUT2D eigenvalue weighted by molar-refractivity contribution is -0.116. The molecule has 1 heterocycles. The summed E-state index contributed by atoms with van der Waals surface area (Å²) in [5.74, 6) is 0.227. The first-order valence-electron chi connectivity index (χ1n) is 7.29. The Morgan fingerprint density at radius 1 is 1.57 bits per heavy atom. The molecule has 5 nitrogen and oxygen atoms in total. The largest absolute Gasteiger partial charge is 0.393 e. The number of aliphatic hydroxyl groups is 1. The van der Waals surface area contributed by atoms with Gasteiger partial charge in [0.2, 0.25) is 5.91 Å². The van der Waals surface area contributed by atoms with Crippen molar-refractivity contribution in [3.8, 4) is 6.07 Å². The van der Waals surface area contributed by atoms with Crippen molar-refractivity contribution in [2.24, 2.45) is 5.92 Å². The third-order valence-electron chi connectivity index (χ3n) is 3.97. The average Bonchev–Trinajstić information content (AvgIpc) is 2.95. The van der Waals surface area contributed by atoms with Gasteiger partial charge < -0.3 is 15.3 Å². The molecule has 0 bridgehead atoms. The predicted octanol–water partition coefficient (Wildman–Crippen LogP) is 1.59. The molecular formula is C16H21N3O2. The van der Waals surface area contributed by atoms with Crippen LogP contribution in [0.5, 0.6) is 0 Å². The number of nitriles is 1. The fraction of sp³-hybridized carbons (Fsp3) is 0.500. The van der Waals surface area contributed by atoms with Gasteiger partial charge in [-0.2, -0.15) is 5.26 Å². The number of aliphatic hydroxyl groups excluding tert-OH is 1. The number of nitrogens with zero attached hydrogens (tertiary/aromatic N) is 2. The van der Waals surface area contributed by atoms with Crippen LogP contribution in [-0.4, -0.2) is 41.7 Å². The SMILES string of the molecule is CC(O)C1CCN(CCC(=O)Nc2ccccc2C#N)C1. The number of carbonyl (C=O) groups is 1. The number of hydrogen-bond donors (Lipinski definition) is 2. The van der Waals surface area contributed by atoms with Crippen LogP contribution in [0.3, 0.4) is 0 Å². The molecule has 21 heavy (non-hydrogen) atoms. The number of anilines is 1. The van der Waals surface area contributed by atoms with Gasteiger partial charge in [-0.1, -0.05) is 12.1 Å². The fourth-order valence-electron chi connectivity index (χ4n) is 2.62. The number of rotatable bonds is 5. The van der Waals surface area contributed by atoms with E-state index in [9.17, 15) is 9.90 Å². The molecule has 0 aromatic heterocycles. The number of para-hydroxylation sites is 1. The molecule has 1 aromatic rings. The molecule has 0 aliphatic carbocycles. The highest BCUT2D eigenvalue weighted by molar-refractivity contribution is 5.92. The van der Waals surface area contributed by atoms with Gasteiger partial charge in [-0.25, -0.2) is 0 Å². The van der Waals surface area contributed by atoms with Crippen LogP contribution in [0.2, 0.25) is 0 Å². The quantitative estimate of drug-likeness (QED) is 0.862. The lowest BCUT2D eigenvalue weighted by Gasteiger charge is -2.17. The van der Waals surface area contributed by atoms with Crippen molar-refractivity contribution in [1.82, 2.24) is 4.90 Å². The van der Waals surface area contributed by atoms with Crippen LogP contribution < -0.4 is 5.32 Å². The van der Waals surface area contributed by atoms with Crippen molar-refractivity contribution in [3.63, 3.8) is 0 Å². The van der Waals surface area contributed by atoms with Gasteiger partial charge in [0.1, 0.15) is 6.07 Å². The van der Waals surface area contributed by atoms with Crippen molar-refractivity contribution in [3.05, 3.63) is 29.8 Å². The van der Waals surface area contributed by atoms with Crippen LogP contribution in [-0.2, 0) is 4.79 Å². The zero-order valence-corrected chi connectivity index (χ0v) is 12.2. The molecule has 0 radical (unpaired) electrons. The van der Waals surface area contributed by atoms with Gasteiger partial charge in [0, 0.05) is 19.5 Å². The van der Waals surface area contributed by atoms with Gasteiger partial charge in [-0.05, 0) is 37.9 Å². The first-order chi connectivity index (χ1) is 10.1. The highest BCUT2D eigenvalue weighted by atomic mass is 16.3. The summed E-state index contributed by atoms with van der Waals surface area (Å²) in [6.45, 7) is 4.28. The summed E-state index contributed by atoms with van der Waals surface area (Å²) >= 11 is 0. The van der Waals surface area contributed by atoms with Gasteiger partial charge in [0.15, 0.2) is 0 Å². The Bertz CT molecular complexity index is 537. The van der Waals surface area contributed by atoms with Crippen molar-refractivity contribution in [2.75, 3.05) is 25.0 Å². The molecule has 2 atom stereocenters. The van der Waals surface area contributed by atoms with E-state index >= 15 is 0 Å². The molecule has 1 saturated heterocycles. The van der Waals surface area contributed by atoms with Crippen LogP contribution in [0, 0.1) is 17.2 Å². The van der Waals surface area contributed by atoms with Crippen molar-refractivity contribution >= 4 is 11.6 Å². The Morgan fingerprint density at radius 3 is 3.00 bits per heavy atom. The molecule has 2 N–H and O–H groups in total. The number of amides is 1. The monoisotopic (exact) mass is 287 g/mol. The van der Waals surface area contributed by atoms with Gasteiger partial charge in [0.25, 0.3) is 0 Å². The molecule has 112 valence electrons. The van der Waals surface area contributed by atoms with E-state index in [2.05, 4.69) is 16.3 Å². The minimum absolute atomic E-state index is 0.0850. The van der Waals surface area contributed by atoms with Crippen LogP contribution in [0.15, 0.2) is 24.3 Å². The molecule has 1 aliphatic heterocycles. The number of nitrogens with one attached hydrogen (secondary N) is 1. The zero-order chi connectivity index (χ0) is 15.2. The van der Waals surface area contributed by atoms with Crippen molar-refractivity contribution in [1.29, 1.82) is 5.26 Å². The number of benzene rings is 1. The van der Waals surface area contributed by atoms with Gasteiger partial charge in [-0.15, -0.1) is 0 Å². The van der Waals surface area contributed by atoms with E-state index in [1.807, 2.05) is 6.92 Å². The number of likely N-dealkylation sites (tertiary alicyclic amines) is 1. The average molecular weight is 287 g/mol. The summed E-state index contributed by atoms with van der Waals surface area (Å²) in [4.78, 5) is 14.2. The van der Waals surface area contributed by atoms with E-state index in [4.69, 9.17) is 5.26 Å². The Balaban J connectivity index is 1.80. The standard InChI is InChI=1S/C16H21N3O2/c1-12(20)14-6-8-19(11-14)9-7-16(21)18-15-5-3-2-4-13(15)10-17/h2-5,12,14,20H,6-9,11H2,1H3,(H,18,21). The minimum atomic E-state index is -0.286. The second kappa shape index (κ2) is 7.21. The van der Waals surface area contributed by atoms with E-state index in [0.29, 0.717) is 30.1 Å². The first kappa shape index (κ1) is 15.5. The van der Waals surface area contributed by atoms with E-state index in [1.54, 1.807) is 24.3 Å². The normalized spacial score (nSPS) is 20.0. The maximum Gasteiger partial charge on any atom is 0.225 e. The summed E-state index contributed by atoms with van der Waals surface area (Å²) in [5.41, 5.74) is 1.04. The molecule has 2 rings (SSSR count). The molecular weight excluding hydrogens is 266 g/mol. The predicted molar refractivity (Wildman–Crippen MR) is 80.6 cm³/mol. The topological polar surface area (TPSA) is 76.4 Å². The van der Waals surface area contributed by atoms with Crippen LogP contribution in [0.25, 0.3) is 0 Å². The lowest BCUT2D eigenvalue weighted by Crippen LogP contribution is -2.28. The first-order valence-corrected chi connectivity index (χ1v) is 7.29. The third-order valence-corrected chi connectivity index (χ3v) is 3.97. The Labute approximate surface area is 125 Å². The summed E-state index contributed by atoms with van der Waals surface area (Å²) in [5, 5.41) is 21.3. The highest BCUT2D eigenvalue weighted by Gasteiger charge is 2.25. The second-order valence-corrected chi connectivity index (χ2v) is 5.55. The van der Waals surface area contributed by atoms with Crippen LogP contribution in [0.4, 0.5) is 5.69 Å². The van der Waals surface area contributed by atoms with E-state index < -0.39 is 0 Å². The van der Waals surface area contributed by atoms with E-state index in [0.717, 1.165) is 19.5 Å². The summed E-state index contributed by atoms with van der Waals surface area (Å²) in [7, 11) is 0. The van der Waals surface area contributed by atoms with E-state index in [1.165, 1.54) is 0 Å². The molecule has 0 saturated carbocycles. The molecule has 1 aromatic carbocycles. The van der Waals surface area contributed by atoms with E-state index in [-0.39, 0.29) is 12.0 Å². The van der Waals surface area contributed by atoms with Gasteiger partial charge in [0.05, 0.1) is 17.4 Å². The second-order valence-electron chi connectivity index (χ2n) is 5.55. The number of hydrogen-bond acceptors (Lipinski definition) is 4. The lowest BCUT2D eigenvalue weighted by atomic mass is 10.0.